The fraction of sp³-hybridized carbons (Fsp3) is 0.208. The average molecular weight is 400 g/mol. The summed E-state index contributed by atoms with van der Waals surface area (Å²) < 4.78 is 7.34. The fourth-order valence-electron chi connectivity index (χ4n) is 3.46. The molecule has 0 unspecified atom stereocenters. The molecule has 0 spiro atoms. The Morgan fingerprint density at radius 3 is 2.63 bits per heavy atom. The summed E-state index contributed by atoms with van der Waals surface area (Å²) >= 11 is 0. The predicted octanol–water partition coefficient (Wildman–Crippen LogP) is 4.86. The molecule has 0 fully saturated rings. The number of pyridine rings is 1. The number of aromatic nitrogens is 3. The first kappa shape index (κ1) is 19.6. The Hall–Kier alpha value is -3.67. The molecule has 0 bridgehead atoms. The number of fused-ring (bicyclic) bond motifs is 1. The van der Waals surface area contributed by atoms with E-state index < -0.39 is 0 Å². The number of amides is 1. The lowest BCUT2D eigenvalue weighted by Crippen LogP contribution is -2.13. The van der Waals surface area contributed by atoms with Crippen LogP contribution in [-0.2, 0) is 6.42 Å². The van der Waals surface area contributed by atoms with Crippen LogP contribution in [0.3, 0.4) is 0 Å². The van der Waals surface area contributed by atoms with Gasteiger partial charge in [-0.1, -0.05) is 30.3 Å². The van der Waals surface area contributed by atoms with Gasteiger partial charge >= 0.3 is 0 Å². The molecule has 2 heterocycles. The van der Waals surface area contributed by atoms with Gasteiger partial charge < -0.3 is 10.1 Å². The molecule has 152 valence electrons. The van der Waals surface area contributed by atoms with Gasteiger partial charge in [0.15, 0.2) is 5.65 Å². The summed E-state index contributed by atoms with van der Waals surface area (Å²) in [4.78, 5) is 17.3. The van der Waals surface area contributed by atoms with E-state index in [1.54, 1.807) is 19.5 Å². The van der Waals surface area contributed by atoms with Gasteiger partial charge in [0.25, 0.3) is 5.91 Å². The van der Waals surface area contributed by atoms with Gasteiger partial charge in [-0.2, -0.15) is 5.10 Å². The van der Waals surface area contributed by atoms with E-state index in [4.69, 9.17) is 4.74 Å². The minimum atomic E-state index is -0.211. The lowest BCUT2D eigenvalue weighted by atomic mass is 10.0. The Bertz CT molecular complexity index is 1180. The number of methoxy groups -OCH3 is 1. The second-order valence-corrected chi connectivity index (χ2v) is 7.46. The van der Waals surface area contributed by atoms with Crippen molar-refractivity contribution in [3.05, 3.63) is 83.7 Å². The zero-order valence-electron chi connectivity index (χ0n) is 17.3. The standard InChI is InChI=1S/C24H24N4O2/c1-16(2)28-23-19(15-26-28)12-20(14-25-23)24(29)27-21-9-10-22(30-3)18(13-21)11-17-7-5-4-6-8-17/h4-10,12-16H,11H2,1-3H3,(H,27,29). The second-order valence-electron chi connectivity index (χ2n) is 7.46. The van der Waals surface area contributed by atoms with Crippen LogP contribution in [0, 0.1) is 0 Å². The van der Waals surface area contributed by atoms with Crippen molar-refractivity contribution < 1.29 is 9.53 Å². The summed E-state index contributed by atoms with van der Waals surface area (Å²) in [5.74, 6) is 0.582. The van der Waals surface area contributed by atoms with Crippen molar-refractivity contribution in [1.29, 1.82) is 0 Å². The topological polar surface area (TPSA) is 69.0 Å². The van der Waals surface area contributed by atoms with Gasteiger partial charge in [0.2, 0.25) is 0 Å². The van der Waals surface area contributed by atoms with Crippen molar-refractivity contribution in [2.75, 3.05) is 12.4 Å². The number of benzene rings is 2. The maximum Gasteiger partial charge on any atom is 0.257 e. The SMILES string of the molecule is COc1ccc(NC(=O)c2cnc3c(cnn3C(C)C)c2)cc1Cc1ccccc1. The van der Waals surface area contributed by atoms with Crippen LogP contribution >= 0.6 is 0 Å². The summed E-state index contributed by atoms with van der Waals surface area (Å²) in [6.45, 7) is 4.09. The third-order valence-electron chi connectivity index (χ3n) is 4.96. The summed E-state index contributed by atoms with van der Waals surface area (Å²) in [6, 6.07) is 17.9. The molecular weight excluding hydrogens is 376 g/mol. The summed E-state index contributed by atoms with van der Waals surface area (Å²) in [5.41, 5.74) is 4.16. The van der Waals surface area contributed by atoms with Crippen LogP contribution in [-0.4, -0.2) is 27.8 Å². The van der Waals surface area contributed by atoms with Crippen LogP contribution in [0.1, 0.15) is 41.4 Å². The van der Waals surface area contributed by atoms with Crippen LogP contribution in [0.4, 0.5) is 5.69 Å². The van der Waals surface area contributed by atoms with Gasteiger partial charge in [-0.25, -0.2) is 9.67 Å². The minimum absolute atomic E-state index is 0.206. The summed E-state index contributed by atoms with van der Waals surface area (Å²) in [7, 11) is 1.65. The third-order valence-corrected chi connectivity index (χ3v) is 4.96. The zero-order valence-corrected chi connectivity index (χ0v) is 17.3. The first-order valence-corrected chi connectivity index (χ1v) is 9.90. The minimum Gasteiger partial charge on any atom is -0.496 e. The van der Waals surface area contributed by atoms with E-state index in [1.165, 1.54) is 5.56 Å². The van der Waals surface area contributed by atoms with Gasteiger partial charge in [0.05, 0.1) is 18.9 Å². The van der Waals surface area contributed by atoms with Crippen molar-refractivity contribution in [3.8, 4) is 5.75 Å². The number of nitrogens with one attached hydrogen (secondary N) is 1. The number of carbonyl (C=O) groups is 1. The maximum atomic E-state index is 12.8. The number of hydrogen-bond acceptors (Lipinski definition) is 4. The number of rotatable bonds is 6. The van der Waals surface area contributed by atoms with E-state index in [0.717, 1.165) is 28.8 Å². The highest BCUT2D eigenvalue weighted by Crippen LogP contribution is 2.26. The molecule has 0 saturated carbocycles. The molecule has 2 aromatic carbocycles. The second kappa shape index (κ2) is 8.37. The third kappa shape index (κ3) is 4.03. The molecule has 0 atom stereocenters. The highest BCUT2D eigenvalue weighted by molar-refractivity contribution is 6.05. The highest BCUT2D eigenvalue weighted by atomic mass is 16.5. The monoisotopic (exact) mass is 400 g/mol. The Labute approximate surface area is 175 Å². The molecule has 0 aliphatic heterocycles. The van der Waals surface area contributed by atoms with Gasteiger partial charge in [-0.3, -0.25) is 4.79 Å². The lowest BCUT2D eigenvalue weighted by molar-refractivity contribution is 0.102. The smallest absolute Gasteiger partial charge is 0.257 e. The molecule has 0 radical (unpaired) electrons. The van der Waals surface area contributed by atoms with Crippen LogP contribution in [0.2, 0.25) is 0 Å². The van der Waals surface area contributed by atoms with Crippen molar-refractivity contribution in [3.63, 3.8) is 0 Å². The predicted molar refractivity (Wildman–Crippen MR) is 118 cm³/mol. The van der Waals surface area contributed by atoms with E-state index in [0.29, 0.717) is 11.3 Å². The molecule has 0 saturated heterocycles. The molecule has 6 nitrogen and oxygen atoms in total. The largest absolute Gasteiger partial charge is 0.496 e. The Morgan fingerprint density at radius 2 is 1.90 bits per heavy atom. The molecule has 2 aromatic heterocycles. The number of hydrogen-bond donors (Lipinski definition) is 1. The molecule has 0 aliphatic carbocycles. The number of ether oxygens (including phenoxy) is 1. The van der Waals surface area contributed by atoms with E-state index in [1.807, 2.05) is 61.0 Å². The Morgan fingerprint density at radius 1 is 1.10 bits per heavy atom. The van der Waals surface area contributed by atoms with Crippen molar-refractivity contribution in [1.82, 2.24) is 14.8 Å². The summed E-state index contributed by atoms with van der Waals surface area (Å²) in [6.07, 6.45) is 4.05. The first-order chi connectivity index (χ1) is 14.5. The lowest BCUT2D eigenvalue weighted by Gasteiger charge is -2.12. The molecule has 6 heteroatoms. The van der Waals surface area contributed by atoms with Crippen LogP contribution in [0.25, 0.3) is 11.0 Å². The first-order valence-electron chi connectivity index (χ1n) is 9.90. The quantitative estimate of drug-likeness (QED) is 0.502. The fourth-order valence-corrected chi connectivity index (χ4v) is 3.46. The van der Waals surface area contributed by atoms with E-state index >= 15 is 0 Å². The van der Waals surface area contributed by atoms with E-state index in [2.05, 4.69) is 27.5 Å². The van der Waals surface area contributed by atoms with Gasteiger partial charge in [-0.05, 0) is 43.7 Å². The van der Waals surface area contributed by atoms with E-state index in [9.17, 15) is 4.79 Å². The Kier molecular flexibility index (Phi) is 5.48. The van der Waals surface area contributed by atoms with Gasteiger partial charge in [-0.15, -0.1) is 0 Å². The molecule has 4 aromatic rings. The molecule has 1 amide bonds. The van der Waals surface area contributed by atoms with Crippen LogP contribution < -0.4 is 10.1 Å². The summed E-state index contributed by atoms with van der Waals surface area (Å²) in [5, 5.41) is 8.17. The molecule has 30 heavy (non-hydrogen) atoms. The van der Waals surface area contributed by atoms with Crippen LogP contribution in [0.15, 0.2) is 67.0 Å². The van der Waals surface area contributed by atoms with Gasteiger partial charge in [0, 0.05) is 35.3 Å². The normalized spacial score (nSPS) is 11.1. The number of anilines is 1. The zero-order chi connectivity index (χ0) is 21.1. The van der Waals surface area contributed by atoms with Crippen LogP contribution in [0.5, 0.6) is 5.75 Å². The average Bonchev–Trinajstić information content (AvgIpc) is 3.18. The highest BCUT2D eigenvalue weighted by Gasteiger charge is 2.13. The van der Waals surface area contributed by atoms with Crippen molar-refractivity contribution in [2.45, 2.75) is 26.3 Å². The molecule has 0 aliphatic rings. The number of carbonyl (C=O) groups excluding carboxylic acids is 1. The molecule has 1 N–H and O–H groups in total. The maximum absolute atomic E-state index is 12.8. The van der Waals surface area contributed by atoms with Crippen molar-refractivity contribution >= 4 is 22.6 Å². The van der Waals surface area contributed by atoms with Gasteiger partial charge in [0.1, 0.15) is 5.75 Å². The molecule has 4 rings (SSSR count). The number of nitrogens with zero attached hydrogens (tertiary/aromatic N) is 3. The Balaban J connectivity index is 1.57. The van der Waals surface area contributed by atoms with E-state index in [-0.39, 0.29) is 11.9 Å². The van der Waals surface area contributed by atoms with Crippen molar-refractivity contribution in [2.24, 2.45) is 0 Å². The molecular formula is C24H24N4O2.